The Hall–Kier alpha value is -0.120. The van der Waals surface area contributed by atoms with Crippen LogP contribution in [-0.2, 0) is 0 Å². The summed E-state index contributed by atoms with van der Waals surface area (Å²) in [5.41, 5.74) is 0. The first-order chi connectivity index (χ1) is 4.61. The van der Waals surface area contributed by atoms with Gasteiger partial charge in [0.1, 0.15) is 0 Å². The van der Waals surface area contributed by atoms with Crippen molar-refractivity contribution in [2.24, 2.45) is 0 Å². The Kier molecular flexibility index (Phi) is 2.28. The van der Waals surface area contributed by atoms with Crippen LogP contribution in [0.15, 0.2) is 0 Å². The second kappa shape index (κ2) is 2.86. The van der Waals surface area contributed by atoms with E-state index in [9.17, 15) is 5.21 Å². The predicted octanol–water partition coefficient (Wildman–Crippen LogP) is 0.400. The number of hydrogen-bond donors (Lipinski definition) is 1. The molecule has 0 aromatic carbocycles. The minimum Gasteiger partial charge on any atom is -0.313 e. The minimum atomic E-state index is 0.272. The van der Waals surface area contributed by atoms with Crippen molar-refractivity contribution < 1.29 is 5.21 Å². The van der Waals surface area contributed by atoms with Crippen molar-refractivity contribution in [2.75, 3.05) is 20.1 Å². The van der Waals surface area contributed by atoms with Crippen LogP contribution in [0.1, 0.15) is 13.8 Å². The average molecular weight is 144 g/mol. The summed E-state index contributed by atoms with van der Waals surface area (Å²) in [5.74, 6) is 0. The van der Waals surface area contributed by atoms with Crippen LogP contribution in [0.2, 0.25) is 0 Å². The van der Waals surface area contributed by atoms with Crippen LogP contribution in [0.5, 0.6) is 0 Å². The van der Waals surface area contributed by atoms with Crippen LogP contribution >= 0.6 is 0 Å². The van der Waals surface area contributed by atoms with Crippen LogP contribution in [0.4, 0.5) is 0 Å². The van der Waals surface area contributed by atoms with Gasteiger partial charge in [-0.25, -0.2) is 0 Å². The van der Waals surface area contributed by atoms with Gasteiger partial charge in [0.05, 0.1) is 0 Å². The van der Waals surface area contributed by atoms with Gasteiger partial charge in [-0.2, -0.15) is 5.06 Å². The molecule has 0 aromatic rings. The fourth-order valence-corrected chi connectivity index (χ4v) is 1.58. The summed E-state index contributed by atoms with van der Waals surface area (Å²) in [6.07, 6.45) is 0. The zero-order valence-electron chi connectivity index (χ0n) is 6.91. The van der Waals surface area contributed by atoms with Crippen molar-refractivity contribution in [1.82, 2.24) is 9.96 Å². The zero-order chi connectivity index (χ0) is 7.72. The monoisotopic (exact) mass is 144 g/mol. The van der Waals surface area contributed by atoms with Crippen molar-refractivity contribution in [3.63, 3.8) is 0 Å². The molecule has 0 aromatic heterocycles. The van der Waals surface area contributed by atoms with Crippen LogP contribution in [-0.4, -0.2) is 47.4 Å². The summed E-state index contributed by atoms with van der Waals surface area (Å²) in [6, 6.07) is 0.544. The molecule has 0 amide bonds. The lowest BCUT2D eigenvalue weighted by molar-refractivity contribution is -0.178. The van der Waals surface area contributed by atoms with Crippen LogP contribution < -0.4 is 0 Å². The molecule has 0 unspecified atom stereocenters. The molecule has 1 heterocycles. The summed E-state index contributed by atoms with van der Waals surface area (Å²) in [5, 5.41) is 10.8. The second-order valence-corrected chi connectivity index (χ2v) is 3.30. The molecule has 60 valence electrons. The number of rotatable bonds is 0. The molecule has 1 N–H and O–H groups in total. The van der Waals surface area contributed by atoms with E-state index in [0.29, 0.717) is 0 Å². The third kappa shape index (κ3) is 1.48. The summed E-state index contributed by atoms with van der Waals surface area (Å²) in [6.45, 7) is 5.99. The molecule has 0 bridgehead atoms. The quantitative estimate of drug-likeness (QED) is 0.533. The van der Waals surface area contributed by atoms with Gasteiger partial charge in [0.2, 0.25) is 0 Å². The maximum atomic E-state index is 9.37. The number of piperazine rings is 1. The maximum absolute atomic E-state index is 9.37. The van der Waals surface area contributed by atoms with Gasteiger partial charge in [0, 0.05) is 25.2 Å². The van der Waals surface area contributed by atoms with E-state index in [1.54, 1.807) is 0 Å². The Morgan fingerprint density at radius 2 is 1.60 bits per heavy atom. The summed E-state index contributed by atoms with van der Waals surface area (Å²) in [7, 11) is 2.08. The number of hydrogen-bond acceptors (Lipinski definition) is 3. The first-order valence-corrected chi connectivity index (χ1v) is 3.77. The largest absolute Gasteiger partial charge is 0.313 e. The highest BCUT2D eigenvalue weighted by Gasteiger charge is 2.25. The highest BCUT2D eigenvalue weighted by Crippen LogP contribution is 2.10. The maximum Gasteiger partial charge on any atom is 0.0452 e. The molecular weight excluding hydrogens is 128 g/mol. The molecule has 0 aliphatic carbocycles. The molecule has 2 atom stereocenters. The van der Waals surface area contributed by atoms with Gasteiger partial charge >= 0.3 is 0 Å². The van der Waals surface area contributed by atoms with Crippen molar-refractivity contribution in [3.8, 4) is 0 Å². The Morgan fingerprint density at radius 3 is 2.00 bits per heavy atom. The van der Waals surface area contributed by atoms with E-state index in [0.717, 1.165) is 13.1 Å². The topological polar surface area (TPSA) is 26.7 Å². The summed E-state index contributed by atoms with van der Waals surface area (Å²) in [4.78, 5) is 2.24. The van der Waals surface area contributed by atoms with Gasteiger partial charge in [-0.1, -0.05) is 0 Å². The van der Waals surface area contributed by atoms with Crippen LogP contribution in [0.3, 0.4) is 0 Å². The smallest absolute Gasteiger partial charge is 0.0452 e. The summed E-state index contributed by atoms with van der Waals surface area (Å²) >= 11 is 0. The average Bonchev–Trinajstić information content (AvgIpc) is 1.82. The van der Waals surface area contributed by atoms with Crippen molar-refractivity contribution >= 4 is 0 Å². The second-order valence-electron chi connectivity index (χ2n) is 3.30. The lowest BCUT2D eigenvalue weighted by Crippen LogP contribution is -2.53. The normalized spacial score (nSPS) is 38.4. The van der Waals surface area contributed by atoms with E-state index in [4.69, 9.17) is 0 Å². The van der Waals surface area contributed by atoms with Gasteiger partial charge in [-0.05, 0) is 20.9 Å². The molecule has 3 heteroatoms. The molecule has 0 radical (unpaired) electrons. The number of likely N-dealkylation sites (N-methyl/N-ethyl adjacent to an activating group) is 1. The fraction of sp³-hybridized carbons (Fsp3) is 1.00. The van der Waals surface area contributed by atoms with Gasteiger partial charge in [-0.3, -0.25) is 0 Å². The molecular formula is C7H16N2O. The Labute approximate surface area is 62.2 Å². The fourth-order valence-electron chi connectivity index (χ4n) is 1.58. The van der Waals surface area contributed by atoms with E-state index in [1.165, 1.54) is 5.06 Å². The molecule has 1 saturated heterocycles. The highest BCUT2D eigenvalue weighted by atomic mass is 16.5. The van der Waals surface area contributed by atoms with E-state index < -0.39 is 0 Å². The van der Waals surface area contributed by atoms with Crippen LogP contribution in [0.25, 0.3) is 0 Å². The van der Waals surface area contributed by atoms with Gasteiger partial charge in [-0.15, -0.1) is 0 Å². The predicted molar refractivity (Wildman–Crippen MR) is 40.0 cm³/mol. The molecule has 1 fully saturated rings. The first-order valence-electron chi connectivity index (χ1n) is 3.77. The minimum absolute atomic E-state index is 0.272. The lowest BCUT2D eigenvalue weighted by atomic mass is 10.1. The Bertz CT molecular complexity index is 106. The van der Waals surface area contributed by atoms with Gasteiger partial charge < -0.3 is 10.1 Å². The van der Waals surface area contributed by atoms with E-state index >= 15 is 0 Å². The van der Waals surface area contributed by atoms with Crippen molar-refractivity contribution in [3.05, 3.63) is 0 Å². The van der Waals surface area contributed by atoms with Gasteiger partial charge in [0.25, 0.3) is 0 Å². The Balaban J connectivity index is 2.49. The van der Waals surface area contributed by atoms with E-state index in [1.807, 2.05) is 13.8 Å². The molecule has 0 saturated carbocycles. The molecule has 1 aliphatic heterocycles. The highest BCUT2D eigenvalue weighted by molar-refractivity contribution is 4.77. The first kappa shape index (κ1) is 7.98. The molecule has 10 heavy (non-hydrogen) atoms. The van der Waals surface area contributed by atoms with Crippen LogP contribution in [0, 0.1) is 0 Å². The van der Waals surface area contributed by atoms with Crippen molar-refractivity contribution in [1.29, 1.82) is 0 Å². The molecule has 1 rings (SSSR count). The summed E-state index contributed by atoms with van der Waals surface area (Å²) < 4.78 is 0. The molecule has 3 nitrogen and oxygen atoms in total. The lowest BCUT2D eigenvalue weighted by Gasteiger charge is -2.38. The third-order valence-corrected chi connectivity index (χ3v) is 2.05. The van der Waals surface area contributed by atoms with E-state index in [2.05, 4.69) is 11.9 Å². The standard InChI is InChI=1S/C7H16N2O/c1-6-4-8(3)5-7(2)9(6)10/h6-7,10H,4-5H2,1-3H3/t6-,7+. The van der Waals surface area contributed by atoms with Crippen molar-refractivity contribution in [2.45, 2.75) is 25.9 Å². The molecule has 0 spiro atoms. The number of hydroxylamine groups is 2. The Morgan fingerprint density at radius 1 is 1.20 bits per heavy atom. The van der Waals surface area contributed by atoms with Gasteiger partial charge in [0.15, 0.2) is 0 Å². The van der Waals surface area contributed by atoms with E-state index in [-0.39, 0.29) is 12.1 Å². The SMILES string of the molecule is C[C@@H]1CN(C)C[C@H](C)N1O. The zero-order valence-corrected chi connectivity index (χ0v) is 6.91. The number of nitrogens with zero attached hydrogens (tertiary/aromatic N) is 2. The molecule has 1 aliphatic rings. The third-order valence-electron chi connectivity index (χ3n) is 2.05.